The summed E-state index contributed by atoms with van der Waals surface area (Å²) in [6.07, 6.45) is 0.344. The Kier molecular flexibility index (Phi) is 1.85. The van der Waals surface area contributed by atoms with Crippen molar-refractivity contribution in [2.24, 2.45) is 0 Å². The van der Waals surface area contributed by atoms with Gasteiger partial charge in [-0.25, -0.2) is 0 Å². The summed E-state index contributed by atoms with van der Waals surface area (Å²) >= 11 is 0. The van der Waals surface area contributed by atoms with Crippen LogP contribution in [0.3, 0.4) is 0 Å². The van der Waals surface area contributed by atoms with Crippen molar-refractivity contribution in [3.8, 4) is 0 Å². The molecule has 3 nitrogen and oxygen atoms in total. The van der Waals surface area contributed by atoms with Gasteiger partial charge in [0.15, 0.2) is 5.58 Å². The first kappa shape index (κ1) is 7.98. The second-order valence-corrected chi connectivity index (χ2v) is 3.00. The average Bonchev–Trinajstić information content (AvgIpc) is 2.48. The van der Waals surface area contributed by atoms with Crippen LogP contribution in [0.1, 0.15) is 12.6 Å². The van der Waals surface area contributed by atoms with Crippen LogP contribution >= 0.6 is 0 Å². The van der Waals surface area contributed by atoms with Crippen molar-refractivity contribution in [3.05, 3.63) is 30.0 Å². The van der Waals surface area contributed by atoms with Crippen molar-refractivity contribution in [2.75, 3.05) is 0 Å². The number of fused-ring (bicyclic) bond motifs is 1. The SMILES string of the molecule is CC(=O)Cc1noc2ccccc12. The number of benzene rings is 1. The Morgan fingerprint density at radius 2 is 2.23 bits per heavy atom. The highest BCUT2D eigenvalue weighted by molar-refractivity contribution is 5.85. The number of hydrogen-bond donors (Lipinski definition) is 0. The zero-order valence-electron chi connectivity index (χ0n) is 7.28. The molecule has 2 rings (SSSR count). The standard InChI is InChI=1S/C10H9NO2/c1-7(12)6-9-8-4-2-3-5-10(8)13-11-9/h2-5H,6H2,1H3. The monoisotopic (exact) mass is 175 g/mol. The molecule has 0 spiro atoms. The fourth-order valence-electron chi connectivity index (χ4n) is 1.30. The molecule has 3 heteroatoms. The summed E-state index contributed by atoms with van der Waals surface area (Å²) < 4.78 is 5.05. The molecule has 0 atom stereocenters. The van der Waals surface area contributed by atoms with Gasteiger partial charge in [-0.3, -0.25) is 4.79 Å². The molecule has 0 N–H and O–H groups in total. The molecular weight excluding hydrogens is 166 g/mol. The van der Waals surface area contributed by atoms with E-state index < -0.39 is 0 Å². The van der Waals surface area contributed by atoms with Crippen LogP contribution in [0, 0.1) is 0 Å². The second-order valence-electron chi connectivity index (χ2n) is 3.00. The Labute approximate surface area is 75.3 Å². The number of para-hydroxylation sites is 1. The van der Waals surface area contributed by atoms with Gasteiger partial charge in [0.1, 0.15) is 5.78 Å². The Hall–Kier alpha value is -1.64. The van der Waals surface area contributed by atoms with E-state index in [1.54, 1.807) is 6.92 Å². The minimum atomic E-state index is 0.0963. The molecule has 66 valence electrons. The zero-order valence-corrected chi connectivity index (χ0v) is 7.28. The highest BCUT2D eigenvalue weighted by Gasteiger charge is 2.08. The molecular formula is C10H9NO2. The summed E-state index contributed by atoms with van der Waals surface area (Å²) in [6.45, 7) is 1.55. The van der Waals surface area contributed by atoms with Crippen LogP contribution in [-0.4, -0.2) is 10.9 Å². The van der Waals surface area contributed by atoms with E-state index in [1.807, 2.05) is 24.3 Å². The number of carbonyl (C=O) groups excluding carboxylic acids is 1. The van der Waals surface area contributed by atoms with Gasteiger partial charge < -0.3 is 4.52 Å². The summed E-state index contributed by atoms with van der Waals surface area (Å²) in [4.78, 5) is 10.9. The Morgan fingerprint density at radius 3 is 3.00 bits per heavy atom. The molecule has 1 aromatic heterocycles. The first-order valence-electron chi connectivity index (χ1n) is 4.10. The molecule has 1 heterocycles. The predicted octanol–water partition coefficient (Wildman–Crippen LogP) is 1.96. The highest BCUT2D eigenvalue weighted by atomic mass is 16.5. The number of aromatic nitrogens is 1. The zero-order chi connectivity index (χ0) is 9.26. The van der Waals surface area contributed by atoms with Crippen molar-refractivity contribution in [1.29, 1.82) is 0 Å². The van der Waals surface area contributed by atoms with Crippen LogP contribution in [0.2, 0.25) is 0 Å². The van der Waals surface area contributed by atoms with Crippen LogP contribution < -0.4 is 0 Å². The number of hydrogen-bond acceptors (Lipinski definition) is 3. The summed E-state index contributed by atoms with van der Waals surface area (Å²) in [5.74, 6) is 0.0963. The molecule has 0 saturated carbocycles. The van der Waals surface area contributed by atoms with Crippen LogP contribution in [0.25, 0.3) is 11.0 Å². The Balaban J connectivity index is 2.51. The Morgan fingerprint density at radius 1 is 1.46 bits per heavy atom. The van der Waals surface area contributed by atoms with E-state index in [9.17, 15) is 4.79 Å². The average molecular weight is 175 g/mol. The lowest BCUT2D eigenvalue weighted by atomic mass is 10.1. The molecule has 0 bridgehead atoms. The maximum absolute atomic E-state index is 10.9. The molecule has 0 fully saturated rings. The minimum absolute atomic E-state index is 0.0963. The van der Waals surface area contributed by atoms with Crippen LogP contribution in [0.5, 0.6) is 0 Å². The van der Waals surface area contributed by atoms with Crippen molar-refractivity contribution in [1.82, 2.24) is 5.16 Å². The summed E-state index contributed by atoms with van der Waals surface area (Å²) in [7, 11) is 0. The maximum atomic E-state index is 10.9. The van der Waals surface area contributed by atoms with E-state index >= 15 is 0 Å². The van der Waals surface area contributed by atoms with Gasteiger partial charge in [-0.1, -0.05) is 17.3 Å². The van der Waals surface area contributed by atoms with Gasteiger partial charge in [-0.15, -0.1) is 0 Å². The van der Waals surface area contributed by atoms with E-state index in [1.165, 1.54) is 0 Å². The van der Waals surface area contributed by atoms with Crippen LogP contribution in [0.15, 0.2) is 28.8 Å². The number of ketones is 1. The van der Waals surface area contributed by atoms with Crippen molar-refractivity contribution in [2.45, 2.75) is 13.3 Å². The smallest absolute Gasteiger partial charge is 0.167 e. The molecule has 0 aliphatic carbocycles. The first-order valence-corrected chi connectivity index (χ1v) is 4.10. The summed E-state index contributed by atoms with van der Waals surface area (Å²) in [5, 5.41) is 4.77. The number of carbonyl (C=O) groups is 1. The predicted molar refractivity (Wildman–Crippen MR) is 48.4 cm³/mol. The van der Waals surface area contributed by atoms with Crippen LogP contribution in [-0.2, 0) is 11.2 Å². The summed E-state index contributed by atoms with van der Waals surface area (Å²) in [6, 6.07) is 7.53. The molecule has 13 heavy (non-hydrogen) atoms. The normalized spacial score (nSPS) is 10.5. The number of rotatable bonds is 2. The van der Waals surface area contributed by atoms with E-state index in [0.717, 1.165) is 16.7 Å². The molecule has 0 unspecified atom stereocenters. The van der Waals surface area contributed by atoms with Gasteiger partial charge >= 0.3 is 0 Å². The largest absolute Gasteiger partial charge is 0.356 e. The van der Waals surface area contributed by atoms with Gasteiger partial charge in [0.05, 0.1) is 12.1 Å². The van der Waals surface area contributed by atoms with Crippen molar-refractivity contribution in [3.63, 3.8) is 0 Å². The first-order chi connectivity index (χ1) is 6.27. The van der Waals surface area contributed by atoms with Gasteiger partial charge in [0.2, 0.25) is 0 Å². The lowest BCUT2D eigenvalue weighted by Gasteiger charge is -1.89. The van der Waals surface area contributed by atoms with Gasteiger partial charge in [0.25, 0.3) is 0 Å². The lowest BCUT2D eigenvalue weighted by Crippen LogP contribution is -1.96. The third-order valence-electron chi connectivity index (χ3n) is 1.87. The molecule has 0 saturated heterocycles. The topological polar surface area (TPSA) is 43.1 Å². The quantitative estimate of drug-likeness (QED) is 0.700. The number of nitrogens with zero attached hydrogens (tertiary/aromatic N) is 1. The van der Waals surface area contributed by atoms with E-state index in [4.69, 9.17) is 4.52 Å². The van der Waals surface area contributed by atoms with E-state index in [2.05, 4.69) is 5.16 Å². The number of Topliss-reactive ketones (excluding diaryl/α,β-unsaturated/α-hetero) is 1. The van der Waals surface area contributed by atoms with E-state index in [-0.39, 0.29) is 5.78 Å². The third-order valence-corrected chi connectivity index (χ3v) is 1.87. The fraction of sp³-hybridized carbons (Fsp3) is 0.200. The molecule has 0 aliphatic heterocycles. The molecule has 0 amide bonds. The molecule has 0 radical (unpaired) electrons. The third kappa shape index (κ3) is 1.45. The highest BCUT2D eigenvalue weighted by Crippen LogP contribution is 2.17. The molecule has 0 aliphatic rings. The van der Waals surface area contributed by atoms with Crippen molar-refractivity contribution < 1.29 is 9.32 Å². The van der Waals surface area contributed by atoms with Crippen molar-refractivity contribution >= 4 is 16.8 Å². The fourth-order valence-corrected chi connectivity index (χ4v) is 1.30. The van der Waals surface area contributed by atoms with Gasteiger partial charge in [-0.2, -0.15) is 0 Å². The minimum Gasteiger partial charge on any atom is -0.356 e. The maximum Gasteiger partial charge on any atom is 0.167 e. The second kappa shape index (κ2) is 3.01. The Bertz CT molecular complexity index is 445. The van der Waals surface area contributed by atoms with Gasteiger partial charge in [-0.05, 0) is 19.1 Å². The molecule has 1 aromatic carbocycles. The van der Waals surface area contributed by atoms with Gasteiger partial charge in [0, 0.05) is 5.39 Å². The van der Waals surface area contributed by atoms with E-state index in [0.29, 0.717) is 6.42 Å². The molecule has 2 aromatic rings. The summed E-state index contributed by atoms with van der Waals surface area (Å²) in [5.41, 5.74) is 1.46. The lowest BCUT2D eigenvalue weighted by molar-refractivity contribution is -0.116. The van der Waals surface area contributed by atoms with Crippen LogP contribution in [0.4, 0.5) is 0 Å².